The molecule has 0 bridgehead atoms. The number of methoxy groups -OCH3 is 1. The molecule has 0 saturated carbocycles. The zero-order chi connectivity index (χ0) is 32.4. The molecule has 1 aliphatic rings. The number of benzene rings is 4. The predicted octanol–water partition coefficient (Wildman–Crippen LogP) is 7.02. The van der Waals surface area contributed by atoms with Crippen LogP contribution in [0.4, 0.5) is 5.69 Å². The van der Waals surface area contributed by atoms with Gasteiger partial charge in [-0.05, 0) is 71.6 Å². The third-order valence-electron chi connectivity index (χ3n) is 7.62. The topological polar surface area (TPSA) is 138 Å². The molecule has 0 unspecified atom stereocenters. The zero-order valence-corrected chi connectivity index (χ0v) is 26.9. The summed E-state index contributed by atoms with van der Waals surface area (Å²) in [6, 6.07) is 29.7. The SMILES string of the molecule is COc1cccc(CCNC(=O)[C@]2(Cc3ccc(Br)cc3)N=C(c3ccc(OCCCO)cc3)O[C@@H]2c2ccccc2N=[N+]=[N-])c1. The quantitative estimate of drug-likeness (QED) is 0.0637. The number of carbonyl (C=O) groups is 1. The fourth-order valence-electron chi connectivity index (χ4n) is 5.32. The summed E-state index contributed by atoms with van der Waals surface area (Å²) in [5, 5.41) is 16.1. The summed E-state index contributed by atoms with van der Waals surface area (Å²) >= 11 is 3.50. The molecule has 0 radical (unpaired) electrons. The van der Waals surface area contributed by atoms with Crippen molar-refractivity contribution in [3.63, 3.8) is 0 Å². The predicted molar refractivity (Wildman–Crippen MR) is 180 cm³/mol. The lowest BCUT2D eigenvalue weighted by atomic mass is 9.81. The summed E-state index contributed by atoms with van der Waals surface area (Å²) < 4.78 is 18.6. The van der Waals surface area contributed by atoms with Crippen molar-refractivity contribution in [2.45, 2.75) is 30.9 Å². The molecule has 0 aromatic heterocycles. The van der Waals surface area contributed by atoms with Gasteiger partial charge in [-0.15, -0.1) is 0 Å². The van der Waals surface area contributed by atoms with E-state index in [0.717, 1.165) is 21.3 Å². The lowest BCUT2D eigenvalue weighted by Gasteiger charge is -2.31. The number of aliphatic hydroxyl groups excluding tert-OH is 1. The molecule has 2 N–H and O–H groups in total. The van der Waals surface area contributed by atoms with Gasteiger partial charge in [-0.1, -0.05) is 69.6 Å². The number of amides is 1. The van der Waals surface area contributed by atoms with Gasteiger partial charge >= 0.3 is 0 Å². The van der Waals surface area contributed by atoms with Gasteiger partial charge in [0.2, 0.25) is 5.90 Å². The van der Waals surface area contributed by atoms with Crippen LogP contribution in [-0.2, 0) is 22.4 Å². The van der Waals surface area contributed by atoms with E-state index in [0.29, 0.717) is 48.6 Å². The number of carbonyl (C=O) groups excluding carboxylic acids is 1. The number of azide groups is 1. The summed E-state index contributed by atoms with van der Waals surface area (Å²) in [7, 11) is 1.62. The molecular formula is C35H34BrN5O5. The largest absolute Gasteiger partial charge is 0.497 e. The summed E-state index contributed by atoms with van der Waals surface area (Å²) in [4.78, 5) is 22.6. The summed E-state index contributed by atoms with van der Waals surface area (Å²) in [6.07, 6.45) is 0.402. The van der Waals surface area contributed by atoms with Crippen LogP contribution in [-0.4, -0.2) is 49.3 Å². The van der Waals surface area contributed by atoms with E-state index in [1.54, 1.807) is 37.4 Å². The fourth-order valence-corrected chi connectivity index (χ4v) is 5.59. The number of nitrogens with one attached hydrogen (secondary N) is 1. The molecule has 4 aromatic carbocycles. The minimum Gasteiger partial charge on any atom is -0.497 e. The molecule has 1 amide bonds. The van der Waals surface area contributed by atoms with E-state index in [1.165, 1.54) is 0 Å². The average Bonchev–Trinajstić information content (AvgIpc) is 3.47. The van der Waals surface area contributed by atoms with Crippen molar-refractivity contribution in [2.75, 3.05) is 26.9 Å². The second-order valence-electron chi connectivity index (χ2n) is 10.7. The van der Waals surface area contributed by atoms with E-state index in [-0.39, 0.29) is 24.8 Å². The van der Waals surface area contributed by atoms with Gasteiger partial charge in [0.15, 0.2) is 11.6 Å². The van der Waals surface area contributed by atoms with Gasteiger partial charge < -0.3 is 24.6 Å². The van der Waals surface area contributed by atoms with Crippen molar-refractivity contribution in [1.29, 1.82) is 0 Å². The number of halogens is 1. The van der Waals surface area contributed by atoms with Gasteiger partial charge in [-0.2, -0.15) is 0 Å². The Kier molecular flexibility index (Phi) is 10.9. The number of ether oxygens (including phenoxy) is 3. The summed E-state index contributed by atoms with van der Waals surface area (Å²) in [5.74, 6) is 1.34. The molecule has 4 aromatic rings. The normalized spacial score (nSPS) is 16.9. The van der Waals surface area contributed by atoms with E-state index < -0.39 is 11.6 Å². The van der Waals surface area contributed by atoms with E-state index in [4.69, 9.17) is 24.3 Å². The van der Waals surface area contributed by atoms with Crippen LogP contribution in [0.5, 0.6) is 11.5 Å². The lowest BCUT2D eigenvalue weighted by molar-refractivity contribution is -0.128. The zero-order valence-electron chi connectivity index (χ0n) is 25.3. The Balaban J connectivity index is 1.55. The first-order valence-corrected chi connectivity index (χ1v) is 15.7. The lowest BCUT2D eigenvalue weighted by Crippen LogP contribution is -2.50. The summed E-state index contributed by atoms with van der Waals surface area (Å²) in [6.45, 7) is 0.783. The smallest absolute Gasteiger partial charge is 0.252 e. The molecule has 0 aliphatic carbocycles. The highest BCUT2D eigenvalue weighted by Gasteiger charge is 2.53. The van der Waals surface area contributed by atoms with E-state index in [1.807, 2.05) is 66.7 Å². The van der Waals surface area contributed by atoms with Crippen molar-refractivity contribution >= 4 is 33.4 Å². The highest BCUT2D eigenvalue weighted by molar-refractivity contribution is 9.10. The second-order valence-corrected chi connectivity index (χ2v) is 11.6. The van der Waals surface area contributed by atoms with Crippen LogP contribution >= 0.6 is 15.9 Å². The standard InChI is InChI=1S/C35H34BrN5O5/c1-44-29-7-4-6-24(22-29)18-19-38-34(43)35(23-25-10-14-27(36)15-11-25)32(30-8-2-3-9-31(30)40-41-37)46-33(39-35)26-12-16-28(17-13-26)45-21-5-20-42/h2-4,6-17,22,32,42H,5,18-21,23H2,1H3,(H,38,43)/t32-,35-/m1/s1. The highest BCUT2D eigenvalue weighted by atomic mass is 79.9. The molecule has 10 nitrogen and oxygen atoms in total. The number of hydrogen-bond acceptors (Lipinski definition) is 7. The number of nitrogens with zero attached hydrogens (tertiary/aromatic N) is 4. The third-order valence-corrected chi connectivity index (χ3v) is 8.15. The van der Waals surface area contributed by atoms with Crippen LogP contribution in [0.2, 0.25) is 0 Å². The van der Waals surface area contributed by atoms with Crippen LogP contribution in [0.3, 0.4) is 0 Å². The van der Waals surface area contributed by atoms with E-state index in [2.05, 4.69) is 31.3 Å². The molecule has 236 valence electrons. The maximum Gasteiger partial charge on any atom is 0.252 e. The molecule has 1 aliphatic heterocycles. The number of rotatable bonds is 14. The van der Waals surface area contributed by atoms with E-state index in [9.17, 15) is 10.3 Å². The Hall–Kier alpha value is -4.83. The van der Waals surface area contributed by atoms with Crippen molar-refractivity contribution in [2.24, 2.45) is 10.1 Å². The van der Waals surface area contributed by atoms with Crippen molar-refractivity contribution < 1.29 is 24.1 Å². The molecule has 5 rings (SSSR count). The molecule has 2 atom stereocenters. The number of aliphatic imine (C=N–C) groups is 1. The maximum absolute atomic E-state index is 14.5. The van der Waals surface area contributed by atoms with Crippen LogP contribution in [0.1, 0.15) is 34.8 Å². The molecular weight excluding hydrogens is 650 g/mol. The number of hydrogen-bond donors (Lipinski definition) is 2. The van der Waals surface area contributed by atoms with Crippen molar-refractivity contribution in [3.05, 3.63) is 134 Å². The van der Waals surface area contributed by atoms with Crippen LogP contribution < -0.4 is 14.8 Å². The number of aliphatic hydroxyl groups is 1. The van der Waals surface area contributed by atoms with Crippen LogP contribution in [0.15, 0.2) is 112 Å². The summed E-state index contributed by atoms with van der Waals surface area (Å²) in [5.41, 5.74) is 11.3. The van der Waals surface area contributed by atoms with Crippen molar-refractivity contribution in [1.82, 2.24) is 5.32 Å². The Morgan fingerprint density at radius 2 is 1.83 bits per heavy atom. The van der Waals surface area contributed by atoms with Crippen molar-refractivity contribution in [3.8, 4) is 11.5 Å². The molecule has 0 saturated heterocycles. The van der Waals surface area contributed by atoms with Crippen LogP contribution in [0.25, 0.3) is 10.4 Å². The first-order chi connectivity index (χ1) is 22.5. The molecule has 0 fully saturated rings. The fraction of sp³-hybridized carbons (Fsp3) is 0.257. The first-order valence-electron chi connectivity index (χ1n) is 14.9. The van der Waals surface area contributed by atoms with Gasteiger partial charge in [-0.25, -0.2) is 4.99 Å². The molecule has 1 heterocycles. The van der Waals surface area contributed by atoms with Gasteiger partial charge in [0.05, 0.1) is 13.7 Å². The Bertz CT molecular complexity index is 1720. The van der Waals surface area contributed by atoms with Gasteiger partial charge in [0, 0.05) is 52.2 Å². The first kappa shape index (κ1) is 32.6. The molecule has 0 spiro atoms. The van der Waals surface area contributed by atoms with Crippen LogP contribution in [0, 0.1) is 0 Å². The minimum atomic E-state index is -1.45. The van der Waals surface area contributed by atoms with Gasteiger partial charge in [0.25, 0.3) is 5.91 Å². The Morgan fingerprint density at radius 3 is 2.57 bits per heavy atom. The van der Waals surface area contributed by atoms with Gasteiger partial charge in [0.1, 0.15) is 11.5 Å². The average molecular weight is 685 g/mol. The molecule has 46 heavy (non-hydrogen) atoms. The molecule has 11 heteroatoms. The maximum atomic E-state index is 14.5. The Labute approximate surface area is 275 Å². The second kappa shape index (κ2) is 15.4. The van der Waals surface area contributed by atoms with Gasteiger partial charge in [-0.3, -0.25) is 4.79 Å². The monoisotopic (exact) mass is 683 g/mol. The Morgan fingerprint density at radius 1 is 1.04 bits per heavy atom. The highest BCUT2D eigenvalue weighted by Crippen LogP contribution is 2.45. The minimum absolute atomic E-state index is 0.0451. The van der Waals surface area contributed by atoms with E-state index >= 15 is 0 Å². The third kappa shape index (κ3) is 7.69.